The summed E-state index contributed by atoms with van der Waals surface area (Å²) in [6, 6.07) is 10.8. The molecule has 0 aliphatic heterocycles. The molecule has 1 amide bonds. The van der Waals surface area contributed by atoms with Crippen LogP contribution in [0.4, 0.5) is 11.4 Å². The maximum atomic E-state index is 12.0. The highest BCUT2D eigenvalue weighted by Gasteiger charge is 2.16. The lowest BCUT2D eigenvalue weighted by molar-refractivity contribution is -0.384. The molecule has 0 aliphatic rings. The van der Waals surface area contributed by atoms with Gasteiger partial charge in [0.1, 0.15) is 5.02 Å². The van der Waals surface area contributed by atoms with E-state index in [1.54, 1.807) is 31.2 Å². The third-order valence-corrected chi connectivity index (χ3v) is 3.35. The molecule has 0 saturated carbocycles. The second kappa shape index (κ2) is 6.89. The molecule has 0 atom stereocenters. The summed E-state index contributed by atoms with van der Waals surface area (Å²) >= 11 is 5.71. The number of nitrogens with zero attached hydrogens (tertiary/aromatic N) is 2. The number of hydrogen-bond donors (Lipinski definition) is 2. The van der Waals surface area contributed by atoms with Crippen LogP contribution in [0, 0.1) is 10.1 Å². The topological polar surface area (TPSA) is 111 Å². The Bertz CT molecular complexity index is 805. The molecule has 2 rings (SSSR count). The fourth-order valence-electron chi connectivity index (χ4n) is 1.82. The largest absolute Gasteiger partial charge is 0.399 e. The molecule has 0 saturated heterocycles. The molecular formula is C15H13ClN4O3. The quantitative estimate of drug-likeness (QED) is 0.388. The second-order valence-corrected chi connectivity index (χ2v) is 5.09. The van der Waals surface area contributed by atoms with Gasteiger partial charge in [0.25, 0.3) is 11.6 Å². The van der Waals surface area contributed by atoms with Crippen LogP contribution < -0.4 is 11.2 Å². The van der Waals surface area contributed by atoms with Gasteiger partial charge in [-0.25, -0.2) is 5.43 Å². The molecule has 0 aromatic heterocycles. The minimum absolute atomic E-state index is 0.0361. The number of carbonyl (C=O) groups is 1. The van der Waals surface area contributed by atoms with Crippen molar-refractivity contribution in [1.29, 1.82) is 0 Å². The highest BCUT2D eigenvalue weighted by atomic mass is 35.5. The summed E-state index contributed by atoms with van der Waals surface area (Å²) in [5.74, 6) is -0.576. The van der Waals surface area contributed by atoms with Gasteiger partial charge in [-0.05, 0) is 36.8 Å². The van der Waals surface area contributed by atoms with Crippen molar-refractivity contribution < 1.29 is 9.72 Å². The van der Waals surface area contributed by atoms with E-state index in [2.05, 4.69) is 10.5 Å². The predicted octanol–water partition coefficient (Wildman–Crippen LogP) is 2.98. The van der Waals surface area contributed by atoms with Crippen molar-refractivity contribution in [2.75, 3.05) is 5.73 Å². The van der Waals surface area contributed by atoms with Gasteiger partial charge in [0, 0.05) is 17.3 Å². The van der Waals surface area contributed by atoms with Gasteiger partial charge < -0.3 is 5.73 Å². The van der Waals surface area contributed by atoms with E-state index in [0.29, 0.717) is 11.4 Å². The molecule has 0 radical (unpaired) electrons. The Morgan fingerprint density at radius 2 is 2.00 bits per heavy atom. The number of amides is 1. The third-order valence-electron chi connectivity index (χ3n) is 3.03. The second-order valence-electron chi connectivity index (χ2n) is 4.69. The molecule has 23 heavy (non-hydrogen) atoms. The van der Waals surface area contributed by atoms with Gasteiger partial charge in [0.15, 0.2) is 0 Å². The van der Waals surface area contributed by atoms with Crippen LogP contribution in [0.5, 0.6) is 0 Å². The third kappa shape index (κ3) is 4.04. The van der Waals surface area contributed by atoms with Gasteiger partial charge in [0.2, 0.25) is 0 Å². The first kappa shape index (κ1) is 16.4. The number of nitro groups is 1. The number of nitro benzene ring substituents is 1. The lowest BCUT2D eigenvalue weighted by atomic mass is 10.1. The fraction of sp³-hybridized carbons (Fsp3) is 0.0667. The van der Waals surface area contributed by atoms with Crippen molar-refractivity contribution in [3.05, 3.63) is 68.7 Å². The van der Waals surface area contributed by atoms with Crippen molar-refractivity contribution in [3.63, 3.8) is 0 Å². The Morgan fingerprint density at radius 1 is 1.26 bits per heavy atom. The summed E-state index contributed by atoms with van der Waals surface area (Å²) in [5.41, 5.74) is 9.67. The summed E-state index contributed by atoms with van der Waals surface area (Å²) in [7, 11) is 0. The molecule has 0 heterocycles. The number of hydrogen-bond acceptors (Lipinski definition) is 5. The van der Waals surface area contributed by atoms with E-state index < -0.39 is 10.8 Å². The molecule has 0 aliphatic carbocycles. The normalized spacial score (nSPS) is 11.1. The summed E-state index contributed by atoms with van der Waals surface area (Å²) in [6.45, 7) is 1.71. The van der Waals surface area contributed by atoms with Crippen LogP contribution in [0.1, 0.15) is 22.8 Å². The van der Waals surface area contributed by atoms with Gasteiger partial charge >= 0.3 is 0 Å². The Balaban J connectivity index is 2.18. The average molecular weight is 333 g/mol. The summed E-state index contributed by atoms with van der Waals surface area (Å²) in [6.07, 6.45) is 0. The van der Waals surface area contributed by atoms with Crippen LogP contribution in [-0.2, 0) is 0 Å². The first-order valence-corrected chi connectivity index (χ1v) is 6.91. The van der Waals surface area contributed by atoms with Gasteiger partial charge in [-0.2, -0.15) is 5.10 Å². The van der Waals surface area contributed by atoms with Crippen LogP contribution >= 0.6 is 11.6 Å². The van der Waals surface area contributed by atoms with Crippen molar-refractivity contribution >= 4 is 34.6 Å². The maximum Gasteiger partial charge on any atom is 0.288 e. The fourth-order valence-corrected chi connectivity index (χ4v) is 2.01. The zero-order chi connectivity index (χ0) is 17.0. The number of nitrogen functional groups attached to an aromatic ring is 1. The van der Waals surface area contributed by atoms with Crippen LogP contribution in [0.2, 0.25) is 5.02 Å². The van der Waals surface area contributed by atoms with Gasteiger partial charge in [0.05, 0.1) is 10.6 Å². The number of nitrogens with two attached hydrogens (primary N) is 1. The van der Waals surface area contributed by atoms with Crippen LogP contribution in [-0.4, -0.2) is 16.5 Å². The van der Waals surface area contributed by atoms with Crippen molar-refractivity contribution in [2.45, 2.75) is 6.92 Å². The van der Waals surface area contributed by atoms with E-state index in [4.69, 9.17) is 17.3 Å². The smallest absolute Gasteiger partial charge is 0.288 e. The Kier molecular flexibility index (Phi) is 4.92. The first-order chi connectivity index (χ1) is 10.9. The summed E-state index contributed by atoms with van der Waals surface area (Å²) in [4.78, 5) is 22.2. The number of rotatable bonds is 4. The predicted molar refractivity (Wildman–Crippen MR) is 88.6 cm³/mol. The summed E-state index contributed by atoms with van der Waals surface area (Å²) < 4.78 is 0. The van der Waals surface area contributed by atoms with Gasteiger partial charge in [-0.3, -0.25) is 14.9 Å². The molecular weight excluding hydrogens is 320 g/mol. The molecule has 3 N–H and O–H groups in total. The van der Waals surface area contributed by atoms with Crippen LogP contribution in [0.25, 0.3) is 0 Å². The van der Waals surface area contributed by atoms with Crippen LogP contribution in [0.15, 0.2) is 47.6 Å². The molecule has 0 unspecified atom stereocenters. The molecule has 2 aromatic rings. The van der Waals surface area contributed by atoms with E-state index in [0.717, 1.165) is 11.6 Å². The number of carbonyl (C=O) groups excluding carboxylic acids is 1. The average Bonchev–Trinajstić information content (AvgIpc) is 2.52. The number of benzene rings is 2. The van der Waals surface area contributed by atoms with E-state index in [1.165, 1.54) is 12.1 Å². The van der Waals surface area contributed by atoms with Gasteiger partial charge in [-0.15, -0.1) is 0 Å². The van der Waals surface area contributed by atoms with E-state index in [-0.39, 0.29) is 16.3 Å². The Labute approximate surface area is 136 Å². The van der Waals surface area contributed by atoms with E-state index in [1.807, 2.05) is 0 Å². The SMILES string of the molecule is C/C(=N\NC(=O)c1ccc(Cl)c([N+](=O)[O-])c1)c1cccc(N)c1. The maximum absolute atomic E-state index is 12.0. The van der Waals surface area contributed by atoms with Crippen LogP contribution in [0.3, 0.4) is 0 Å². The summed E-state index contributed by atoms with van der Waals surface area (Å²) in [5, 5.41) is 14.8. The van der Waals surface area contributed by atoms with Crippen molar-refractivity contribution in [1.82, 2.24) is 5.43 Å². The lowest BCUT2D eigenvalue weighted by Gasteiger charge is -2.04. The molecule has 118 valence electrons. The van der Waals surface area contributed by atoms with E-state index >= 15 is 0 Å². The number of halogens is 1. The van der Waals surface area contributed by atoms with Gasteiger partial charge in [-0.1, -0.05) is 23.7 Å². The Morgan fingerprint density at radius 3 is 2.65 bits per heavy atom. The number of nitrogens with one attached hydrogen (secondary N) is 1. The first-order valence-electron chi connectivity index (χ1n) is 6.53. The number of anilines is 1. The zero-order valence-corrected chi connectivity index (χ0v) is 12.9. The lowest BCUT2D eigenvalue weighted by Crippen LogP contribution is -2.19. The molecule has 7 nitrogen and oxygen atoms in total. The minimum Gasteiger partial charge on any atom is -0.399 e. The van der Waals surface area contributed by atoms with Crippen molar-refractivity contribution in [2.24, 2.45) is 5.10 Å². The molecule has 8 heteroatoms. The molecule has 0 fully saturated rings. The van der Waals surface area contributed by atoms with E-state index in [9.17, 15) is 14.9 Å². The molecule has 2 aromatic carbocycles. The highest BCUT2D eigenvalue weighted by Crippen LogP contribution is 2.24. The van der Waals surface area contributed by atoms with Crippen molar-refractivity contribution in [3.8, 4) is 0 Å². The standard InChI is InChI=1S/C15H13ClN4O3/c1-9(10-3-2-4-12(17)7-10)18-19-15(21)11-5-6-13(16)14(8-11)20(22)23/h2-8H,17H2,1H3,(H,19,21)/b18-9+. The number of hydrazone groups is 1. The zero-order valence-electron chi connectivity index (χ0n) is 12.1. The monoisotopic (exact) mass is 332 g/mol. The highest BCUT2D eigenvalue weighted by molar-refractivity contribution is 6.32. The molecule has 0 bridgehead atoms. The molecule has 0 spiro atoms. The minimum atomic E-state index is -0.652. The Hall–Kier alpha value is -2.93.